The summed E-state index contributed by atoms with van der Waals surface area (Å²) in [5, 5.41) is 7.19. The van der Waals surface area contributed by atoms with E-state index in [0.29, 0.717) is 18.2 Å². The van der Waals surface area contributed by atoms with Gasteiger partial charge in [0, 0.05) is 25.2 Å². The van der Waals surface area contributed by atoms with E-state index >= 15 is 0 Å². The molecule has 2 atom stereocenters. The van der Waals surface area contributed by atoms with Crippen molar-refractivity contribution >= 4 is 0 Å². The van der Waals surface area contributed by atoms with Crippen molar-refractivity contribution in [2.75, 3.05) is 19.7 Å². The molecule has 2 aliphatic rings. The summed E-state index contributed by atoms with van der Waals surface area (Å²) in [6, 6.07) is 1.40. The maximum atomic E-state index is 5.55. The van der Waals surface area contributed by atoms with Crippen LogP contribution in [0.1, 0.15) is 33.1 Å². The molecule has 1 saturated carbocycles. The first-order valence-electron chi connectivity index (χ1n) is 6.38. The van der Waals surface area contributed by atoms with Gasteiger partial charge in [0.25, 0.3) is 0 Å². The summed E-state index contributed by atoms with van der Waals surface area (Å²) >= 11 is 0. The molecule has 0 bridgehead atoms. The zero-order valence-electron chi connectivity index (χ0n) is 9.96. The van der Waals surface area contributed by atoms with Gasteiger partial charge >= 0.3 is 0 Å². The van der Waals surface area contributed by atoms with E-state index in [4.69, 9.17) is 4.74 Å². The van der Waals surface area contributed by atoms with Gasteiger partial charge in [-0.2, -0.15) is 0 Å². The molecule has 2 N–H and O–H groups in total. The molecule has 15 heavy (non-hydrogen) atoms. The van der Waals surface area contributed by atoms with Gasteiger partial charge in [0.15, 0.2) is 0 Å². The standard InChI is InChI=1S/C12H24N2O/c1-3-15-11-6-10(7-11)14-8-12-9(2)4-5-13-12/h9-14H,3-8H2,1-2H3. The summed E-state index contributed by atoms with van der Waals surface area (Å²) in [6.07, 6.45) is 4.27. The monoisotopic (exact) mass is 212 g/mol. The average Bonchev–Trinajstić information content (AvgIpc) is 2.55. The van der Waals surface area contributed by atoms with Crippen LogP contribution in [0.5, 0.6) is 0 Å². The van der Waals surface area contributed by atoms with Crippen LogP contribution in [0.3, 0.4) is 0 Å². The number of hydrogen-bond donors (Lipinski definition) is 2. The number of rotatable bonds is 5. The molecule has 0 amide bonds. The second-order valence-electron chi connectivity index (χ2n) is 4.98. The first-order valence-corrected chi connectivity index (χ1v) is 6.38. The Morgan fingerprint density at radius 3 is 2.80 bits per heavy atom. The first-order chi connectivity index (χ1) is 7.29. The fraction of sp³-hybridized carbons (Fsp3) is 1.00. The summed E-state index contributed by atoms with van der Waals surface area (Å²) in [4.78, 5) is 0. The van der Waals surface area contributed by atoms with Crippen molar-refractivity contribution in [3.8, 4) is 0 Å². The highest BCUT2D eigenvalue weighted by Gasteiger charge is 2.30. The van der Waals surface area contributed by atoms with Crippen molar-refractivity contribution in [1.29, 1.82) is 0 Å². The van der Waals surface area contributed by atoms with Crippen LogP contribution in [0, 0.1) is 5.92 Å². The fourth-order valence-corrected chi connectivity index (χ4v) is 2.57. The molecule has 0 aromatic carbocycles. The van der Waals surface area contributed by atoms with Gasteiger partial charge < -0.3 is 15.4 Å². The Kier molecular flexibility index (Phi) is 4.00. The topological polar surface area (TPSA) is 33.3 Å². The molecule has 2 fully saturated rings. The lowest BCUT2D eigenvalue weighted by Crippen LogP contribution is -2.49. The van der Waals surface area contributed by atoms with E-state index in [1.165, 1.54) is 25.8 Å². The third kappa shape index (κ3) is 2.92. The van der Waals surface area contributed by atoms with Crippen molar-refractivity contribution in [2.24, 2.45) is 5.92 Å². The van der Waals surface area contributed by atoms with Crippen LogP contribution < -0.4 is 10.6 Å². The second kappa shape index (κ2) is 5.28. The van der Waals surface area contributed by atoms with Crippen LogP contribution >= 0.6 is 0 Å². The molecule has 2 unspecified atom stereocenters. The quantitative estimate of drug-likeness (QED) is 0.717. The predicted octanol–water partition coefficient (Wildman–Crippen LogP) is 1.14. The van der Waals surface area contributed by atoms with E-state index in [1.54, 1.807) is 0 Å². The predicted molar refractivity (Wildman–Crippen MR) is 62.0 cm³/mol. The average molecular weight is 212 g/mol. The van der Waals surface area contributed by atoms with Crippen LogP contribution in [0.4, 0.5) is 0 Å². The van der Waals surface area contributed by atoms with E-state index in [9.17, 15) is 0 Å². The normalized spacial score (nSPS) is 40.4. The number of ether oxygens (including phenoxy) is 1. The van der Waals surface area contributed by atoms with Crippen LogP contribution in [0.15, 0.2) is 0 Å². The molecular formula is C12H24N2O. The molecule has 88 valence electrons. The molecule has 3 heteroatoms. The van der Waals surface area contributed by atoms with E-state index in [2.05, 4.69) is 24.5 Å². The van der Waals surface area contributed by atoms with Crippen molar-refractivity contribution in [3.63, 3.8) is 0 Å². The van der Waals surface area contributed by atoms with Crippen molar-refractivity contribution in [1.82, 2.24) is 10.6 Å². The van der Waals surface area contributed by atoms with Gasteiger partial charge in [-0.1, -0.05) is 6.92 Å². The van der Waals surface area contributed by atoms with Crippen LogP contribution in [-0.4, -0.2) is 37.9 Å². The van der Waals surface area contributed by atoms with Crippen LogP contribution in [-0.2, 0) is 4.74 Å². The highest BCUT2D eigenvalue weighted by Crippen LogP contribution is 2.23. The maximum Gasteiger partial charge on any atom is 0.0604 e. The molecule has 2 rings (SSSR count). The van der Waals surface area contributed by atoms with E-state index in [1.807, 2.05) is 0 Å². The molecule has 0 radical (unpaired) electrons. The Morgan fingerprint density at radius 1 is 1.40 bits per heavy atom. The molecule has 0 spiro atoms. The molecule has 1 aliphatic heterocycles. The fourth-order valence-electron chi connectivity index (χ4n) is 2.57. The molecule has 0 aromatic heterocycles. The van der Waals surface area contributed by atoms with Gasteiger partial charge in [0.2, 0.25) is 0 Å². The highest BCUT2D eigenvalue weighted by atomic mass is 16.5. The Balaban J connectivity index is 1.56. The van der Waals surface area contributed by atoms with Gasteiger partial charge in [0.05, 0.1) is 6.10 Å². The third-order valence-electron chi connectivity index (χ3n) is 3.82. The summed E-state index contributed by atoms with van der Waals surface area (Å²) in [5.41, 5.74) is 0. The summed E-state index contributed by atoms with van der Waals surface area (Å²) in [5.74, 6) is 0.834. The molecule has 1 saturated heterocycles. The largest absolute Gasteiger partial charge is 0.378 e. The maximum absolute atomic E-state index is 5.55. The highest BCUT2D eigenvalue weighted by molar-refractivity contribution is 4.89. The van der Waals surface area contributed by atoms with Gasteiger partial charge in [-0.25, -0.2) is 0 Å². The lowest BCUT2D eigenvalue weighted by atomic mass is 9.89. The van der Waals surface area contributed by atoms with Crippen molar-refractivity contribution in [3.05, 3.63) is 0 Å². The molecule has 1 heterocycles. The Hall–Kier alpha value is -0.120. The molecule has 1 aliphatic carbocycles. The first kappa shape index (κ1) is 11.4. The summed E-state index contributed by atoms with van der Waals surface area (Å²) in [7, 11) is 0. The Bertz CT molecular complexity index is 192. The van der Waals surface area contributed by atoms with Gasteiger partial charge in [-0.05, 0) is 38.6 Å². The molecule has 0 aromatic rings. The third-order valence-corrected chi connectivity index (χ3v) is 3.82. The minimum absolute atomic E-state index is 0.529. The van der Waals surface area contributed by atoms with E-state index in [0.717, 1.165) is 19.1 Å². The van der Waals surface area contributed by atoms with Gasteiger partial charge in [-0.15, -0.1) is 0 Å². The molecular weight excluding hydrogens is 188 g/mol. The lowest BCUT2D eigenvalue weighted by Gasteiger charge is -2.36. The zero-order valence-corrected chi connectivity index (χ0v) is 9.96. The number of nitrogens with one attached hydrogen (secondary N) is 2. The Morgan fingerprint density at radius 2 is 2.20 bits per heavy atom. The summed E-state index contributed by atoms with van der Waals surface area (Å²) in [6.45, 7) is 7.60. The van der Waals surface area contributed by atoms with Gasteiger partial charge in [0.1, 0.15) is 0 Å². The minimum Gasteiger partial charge on any atom is -0.378 e. The van der Waals surface area contributed by atoms with Gasteiger partial charge in [-0.3, -0.25) is 0 Å². The minimum atomic E-state index is 0.529. The van der Waals surface area contributed by atoms with E-state index in [-0.39, 0.29) is 0 Å². The smallest absolute Gasteiger partial charge is 0.0604 e. The van der Waals surface area contributed by atoms with Crippen LogP contribution in [0.25, 0.3) is 0 Å². The summed E-state index contributed by atoms with van der Waals surface area (Å²) < 4.78 is 5.55. The SMILES string of the molecule is CCOC1CC(NCC2NCCC2C)C1. The lowest BCUT2D eigenvalue weighted by molar-refractivity contribution is -0.0103. The second-order valence-corrected chi connectivity index (χ2v) is 4.98. The van der Waals surface area contributed by atoms with Crippen molar-refractivity contribution < 1.29 is 4.74 Å². The zero-order chi connectivity index (χ0) is 10.7. The molecule has 3 nitrogen and oxygen atoms in total. The van der Waals surface area contributed by atoms with Crippen LogP contribution in [0.2, 0.25) is 0 Å². The van der Waals surface area contributed by atoms with Crippen molar-refractivity contribution in [2.45, 2.75) is 51.3 Å². The Labute approximate surface area is 93.0 Å². The number of hydrogen-bond acceptors (Lipinski definition) is 3. The van der Waals surface area contributed by atoms with E-state index < -0.39 is 0 Å².